The van der Waals surface area contributed by atoms with Gasteiger partial charge in [0.15, 0.2) is 0 Å². The lowest BCUT2D eigenvalue weighted by atomic mass is 9.96. The molecular formula is C29H33ClN8. The minimum absolute atomic E-state index is 0.0311. The molecule has 1 aliphatic heterocycles. The van der Waals surface area contributed by atoms with Gasteiger partial charge in [-0.25, -0.2) is 0 Å². The van der Waals surface area contributed by atoms with Gasteiger partial charge in [-0.3, -0.25) is 9.99 Å². The molecule has 1 aromatic heterocycles. The molecule has 0 fully saturated rings. The fourth-order valence-electron chi connectivity index (χ4n) is 3.95. The maximum absolute atomic E-state index is 9.80. The van der Waals surface area contributed by atoms with Gasteiger partial charge in [0.2, 0.25) is 0 Å². The highest BCUT2D eigenvalue weighted by Gasteiger charge is 2.28. The van der Waals surface area contributed by atoms with Gasteiger partial charge in [-0.15, -0.1) is 5.53 Å². The Balaban J connectivity index is 1.87. The van der Waals surface area contributed by atoms with Gasteiger partial charge < -0.3 is 16.1 Å². The van der Waals surface area contributed by atoms with Crippen molar-refractivity contribution in [3.05, 3.63) is 76.2 Å². The molecule has 0 radical (unpaired) electrons. The van der Waals surface area contributed by atoms with Crippen LogP contribution in [0.25, 0.3) is 10.9 Å². The second-order valence-corrected chi connectivity index (χ2v) is 11.8. The summed E-state index contributed by atoms with van der Waals surface area (Å²) in [7, 11) is 0. The van der Waals surface area contributed by atoms with Crippen LogP contribution in [0.15, 0.2) is 54.5 Å². The number of hydrogen-bond donors (Lipinski definition) is 4. The van der Waals surface area contributed by atoms with Crippen molar-refractivity contribution in [2.24, 2.45) is 5.41 Å². The molecule has 1 atom stereocenters. The summed E-state index contributed by atoms with van der Waals surface area (Å²) >= 11 is 6.72. The summed E-state index contributed by atoms with van der Waals surface area (Å²) in [4.78, 5) is 4.44. The third-order valence-corrected chi connectivity index (χ3v) is 6.24. The number of benzene rings is 2. The van der Waals surface area contributed by atoms with E-state index in [1.165, 1.54) is 6.20 Å². The Hall–Kier alpha value is -3.98. The number of nitriles is 2. The Morgan fingerprint density at radius 2 is 1.89 bits per heavy atom. The summed E-state index contributed by atoms with van der Waals surface area (Å²) in [5.74, 6) is 0. The zero-order valence-electron chi connectivity index (χ0n) is 23.5. The van der Waals surface area contributed by atoms with Crippen molar-refractivity contribution in [2.45, 2.75) is 53.1 Å². The van der Waals surface area contributed by atoms with Gasteiger partial charge in [0.05, 0.1) is 46.5 Å². The molecule has 0 amide bonds. The number of nitrogens with one attached hydrogen (secondary N) is 4. The lowest BCUT2D eigenvalue weighted by Crippen LogP contribution is -2.47. The minimum atomic E-state index is -1.53. The van der Waals surface area contributed by atoms with Crippen LogP contribution in [0.2, 0.25) is 5.02 Å². The van der Waals surface area contributed by atoms with Crippen LogP contribution in [0.3, 0.4) is 0 Å². The Morgan fingerprint density at radius 1 is 1.13 bits per heavy atom. The quantitative estimate of drug-likeness (QED) is 0.298. The molecule has 196 valence electrons. The second-order valence-electron chi connectivity index (χ2n) is 11.4. The van der Waals surface area contributed by atoms with Gasteiger partial charge in [-0.2, -0.15) is 10.5 Å². The van der Waals surface area contributed by atoms with E-state index in [2.05, 4.69) is 59.5 Å². The van der Waals surface area contributed by atoms with Crippen LogP contribution in [0.1, 0.15) is 65.6 Å². The first-order chi connectivity index (χ1) is 18.2. The van der Waals surface area contributed by atoms with E-state index < -0.39 is 6.02 Å². The molecule has 1 unspecified atom stereocenters. The zero-order chi connectivity index (χ0) is 28.6. The molecule has 0 bridgehead atoms. The topological polar surface area (TPSA) is 112 Å². The fraction of sp³-hybridized carbons (Fsp3) is 0.345. The molecule has 1 aliphatic rings. The summed E-state index contributed by atoms with van der Waals surface area (Å²) in [5.41, 5.74) is 9.64. The standard InChI is InChI=1S/C29H33ClN8/c1-28(2,3)17-34-25-20(14-32)15-33-27-22(25)11-21(12-23(27)30)35-26(19-9-7-8-18(10-19)13-31)24-16-38(37-36-24)29(4,5)6/h7-12,15-16,26,35-37H,17H2,1-6H3,(H,33,34)/i26D. The molecule has 4 rings (SSSR count). The lowest BCUT2D eigenvalue weighted by molar-refractivity contribution is 0.138. The molecule has 0 saturated heterocycles. The Bertz CT molecular complexity index is 1520. The van der Waals surface area contributed by atoms with E-state index in [0.717, 1.165) is 0 Å². The summed E-state index contributed by atoms with van der Waals surface area (Å²) in [6, 6.07) is 13.4. The van der Waals surface area contributed by atoms with Crippen molar-refractivity contribution in [3.8, 4) is 12.1 Å². The predicted octanol–water partition coefficient (Wildman–Crippen LogP) is 6.21. The molecule has 0 saturated carbocycles. The molecule has 3 aromatic rings. The van der Waals surface area contributed by atoms with Crippen molar-refractivity contribution in [2.75, 3.05) is 17.2 Å². The maximum Gasteiger partial charge on any atom is 0.103 e. The Labute approximate surface area is 230 Å². The molecule has 0 aliphatic carbocycles. The largest absolute Gasteiger partial charge is 0.383 e. The number of hydrazine groups is 2. The third-order valence-electron chi connectivity index (χ3n) is 5.95. The molecule has 0 spiro atoms. The Morgan fingerprint density at radius 3 is 2.53 bits per heavy atom. The van der Waals surface area contributed by atoms with E-state index in [1.54, 1.807) is 30.3 Å². The SMILES string of the molecule is [2H]C(Nc1cc(Cl)c2ncc(C#N)c(NCC(C)(C)C)c2c1)(C1=CN(C(C)(C)C)NN1)c1cccc(C#N)c1. The van der Waals surface area contributed by atoms with Gasteiger partial charge in [-0.05, 0) is 56.0 Å². The number of hydrogen-bond acceptors (Lipinski definition) is 8. The van der Waals surface area contributed by atoms with Crippen molar-refractivity contribution >= 4 is 33.9 Å². The zero-order valence-corrected chi connectivity index (χ0v) is 23.2. The van der Waals surface area contributed by atoms with Crippen LogP contribution < -0.4 is 21.6 Å². The minimum Gasteiger partial charge on any atom is -0.383 e. The monoisotopic (exact) mass is 529 g/mol. The number of aromatic nitrogens is 1. The lowest BCUT2D eigenvalue weighted by Gasteiger charge is -2.30. The van der Waals surface area contributed by atoms with Crippen LogP contribution in [-0.4, -0.2) is 22.1 Å². The highest BCUT2D eigenvalue weighted by atomic mass is 35.5. The molecule has 38 heavy (non-hydrogen) atoms. The van der Waals surface area contributed by atoms with Crippen LogP contribution in [0, 0.1) is 28.1 Å². The molecule has 2 aromatic carbocycles. The summed E-state index contributed by atoms with van der Waals surface area (Å²) < 4.78 is 9.69. The number of fused-ring (bicyclic) bond motifs is 1. The van der Waals surface area contributed by atoms with Crippen LogP contribution in [0.4, 0.5) is 11.4 Å². The molecule has 9 heteroatoms. The first kappa shape index (κ1) is 25.7. The van der Waals surface area contributed by atoms with Gasteiger partial charge in [0.25, 0.3) is 0 Å². The van der Waals surface area contributed by atoms with Crippen LogP contribution >= 0.6 is 11.6 Å². The van der Waals surface area contributed by atoms with Crippen molar-refractivity contribution < 1.29 is 1.37 Å². The van der Waals surface area contributed by atoms with E-state index in [9.17, 15) is 11.9 Å². The van der Waals surface area contributed by atoms with Crippen molar-refractivity contribution in [1.29, 1.82) is 10.5 Å². The number of halogens is 1. The first-order valence-corrected chi connectivity index (χ1v) is 12.7. The van der Waals surface area contributed by atoms with E-state index in [1.807, 2.05) is 38.0 Å². The summed E-state index contributed by atoms with van der Waals surface area (Å²) in [5, 5.41) is 29.0. The van der Waals surface area contributed by atoms with Gasteiger partial charge in [0, 0.05) is 35.6 Å². The summed E-state index contributed by atoms with van der Waals surface area (Å²) in [6.45, 7) is 13.1. The van der Waals surface area contributed by atoms with E-state index in [0.29, 0.717) is 56.2 Å². The predicted molar refractivity (Wildman–Crippen MR) is 153 cm³/mol. The Kier molecular flexibility index (Phi) is 7.03. The average molecular weight is 530 g/mol. The van der Waals surface area contributed by atoms with E-state index >= 15 is 0 Å². The highest BCUT2D eigenvalue weighted by Crippen LogP contribution is 2.36. The normalized spacial score (nSPS) is 15.6. The molecule has 4 N–H and O–H groups in total. The number of rotatable bonds is 6. The molecule has 8 nitrogen and oxygen atoms in total. The van der Waals surface area contributed by atoms with E-state index in [4.69, 9.17) is 11.6 Å². The van der Waals surface area contributed by atoms with Crippen LogP contribution in [-0.2, 0) is 0 Å². The van der Waals surface area contributed by atoms with Crippen LogP contribution in [0.5, 0.6) is 0 Å². The average Bonchev–Trinajstić information content (AvgIpc) is 3.39. The molecular weight excluding hydrogens is 496 g/mol. The second kappa shape index (κ2) is 10.4. The van der Waals surface area contributed by atoms with E-state index in [-0.39, 0.29) is 11.0 Å². The smallest absolute Gasteiger partial charge is 0.103 e. The fourth-order valence-corrected chi connectivity index (χ4v) is 4.21. The highest BCUT2D eigenvalue weighted by molar-refractivity contribution is 6.35. The third kappa shape index (κ3) is 5.94. The number of pyridine rings is 1. The summed E-state index contributed by atoms with van der Waals surface area (Å²) in [6.07, 6.45) is 3.36. The number of anilines is 2. The maximum atomic E-state index is 9.80. The van der Waals surface area contributed by atoms with Crippen molar-refractivity contribution in [3.63, 3.8) is 0 Å². The van der Waals surface area contributed by atoms with Gasteiger partial charge in [-0.1, -0.05) is 44.5 Å². The molecule has 2 heterocycles. The van der Waals surface area contributed by atoms with Gasteiger partial charge in [0.1, 0.15) is 6.07 Å². The van der Waals surface area contributed by atoms with Gasteiger partial charge >= 0.3 is 0 Å². The first-order valence-electron chi connectivity index (χ1n) is 12.8. The number of nitrogens with zero attached hydrogens (tertiary/aromatic N) is 4. The van der Waals surface area contributed by atoms with Crippen molar-refractivity contribution in [1.82, 2.24) is 21.0 Å².